The normalized spacial score (nSPS) is 13.3. The van der Waals surface area contributed by atoms with Crippen molar-refractivity contribution in [3.8, 4) is 0 Å². The van der Waals surface area contributed by atoms with Crippen LogP contribution in [0.3, 0.4) is 0 Å². The molecule has 1 aromatic carbocycles. The largest absolute Gasteiger partial charge is 1.00 e. The number of aromatic nitrogens is 1. The summed E-state index contributed by atoms with van der Waals surface area (Å²) in [5.74, 6) is 0.275. The lowest BCUT2D eigenvalue weighted by atomic mass is 10.0. The molecule has 0 aliphatic heterocycles. The molecule has 1 heterocycles. The fraction of sp³-hybridized carbons (Fsp3) is 0.375. The fourth-order valence-electron chi connectivity index (χ4n) is 2.16. The summed E-state index contributed by atoms with van der Waals surface area (Å²) < 4.78 is 0. The zero-order valence-electron chi connectivity index (χ0n) is 12.8. The molecule has 2 rings (SSSR count). The predicted molar refractivity (Wildman–Crippen MR) is 84.7 cm³/mol. The number of rotatable bonds is 6. The number of carbonyl (C=O) groups is 1. The van der Waals surface area contributed by atoms with Crippen LogP contribution in [0.4, 0.5) is 0 Å². The number of nitrogens with zero attached hydrogens (tertiary/aromatic N) is 1. The van der Waals surface area contributed by atoms with Crippen molar-refractivity contribution >= 4 is 17.2 Å². The number of benzene rings is 1. The maximum absolute atomic E-state index is 12.4. The van der Waals surface area contributed by atoms with Gasteiger partial charge in [-0.1, -0.05) is 44.2 Å². The number of carbonyl (C=O) groups excluding carboxylic acids is 1. The van der Waals surface area contributed by atoms with Gasteiger partial charge in [0.05, 0.1) is 6.04 Å². The van der Waals surface area contributed by atoms with Crippen LogP contribution in [-0.2, 0) is 11.2 Å². The van der Waals surface area contributed by atoms with Gasteiger partial charge in [0, 0.05) is 18.0 Å². The lowest BCUT2D eigenvalue weighted by Crippen LogP contribution is -3.00. The van der Waals surface area contributed by atoms with Crippen LogP contribution >= 0.6 is 11.3 Å². The van der Waals surface area contributed by atoms with E-state index in [0.717, 1.165) is 10.6 Å². The Balaban J connectivity index is 0.00000242. The molecular formula is C16H22ClN3OS. The third kappa shape index (κ3) is 5.09. The summed E-state index contributed by atoms with van der Waals surface area (Å²) in [4.78, 5) is 16.7. The number of quaternary nitrogens is 1. The second-order valence-electron chi connectivity index (χ2n) is 5.49. The summed E-state index contributed by atoms with van der Waals surface area (Å²) in [6.45, 7) is 4.17. The molecule has 0 radical (unpaired) electrons. The molecule has 0 aliphatic rings. The first-order valence-electron chi connectivity index (χ1n) is 7.14. The van der Waals surface area contributed by atoms with Gasteiger partial charge < -0.3 is 23.5 Å². The Bertz CT molecular complexity index is 560. The molecule has 0 aliphatic carbocycles. The predicted octanol–water partition coefficient (Wildman–Crippen LogP) is -1.19. The smallest absolute Gasteiger partial charge is 0.279 e. The quantitative estimate of drug-likeness (QED) is 0.695. The zero-order chi connectivity index (χ0) is 15.2. The molecule has 2 aromatic rings. The molecule has 4 N–H and O–H groups in total. The average Bonchev–Trinajstić information content (AvgIpc) is 2.99. The number of thiazole rings is 1. The Morgan fingerprint density at radius 2 is 2.00 bits per heavy atom. The van der Waals surface area contributed by atoms with Gasteiger partial charge in [-0.15, -0.1) is 11.3 Å². The maximum atomic E-state index is 12.4. The van der Waals surface area contributed by atoms with Crippen molar-refractivity contribution in [1.82, 2.24) is 10.3 Å². The van der Waals surface area contributed by atoms with Gasteiger partial charge in [-0.3, -0.25) is 4.79 Å². The van der Waals surface area contributed by atoms with E-state index in [4.69, 9.17) is 0 Å². The van der Waals surface area contributed by atoms with Gasteiger partial charge >= 0.3 is 0 Å². The molecule has 4 nitrogen and oxygen atoms in total. The van der Waals surface area contributed by atoms with E-state index in [9.17, 15) is 4.79 Å². The Labute approximate surface area is 141 Å². The molecule has 0 bridgehead atoms. The van der Waals surface area contributed by atoms with Gasteiger partial charge in [0.15, 0.2) is 6.04 Å². The lowest BCUT2D eigenvalue weighted by molar-refractivity contribution is -0.403. The van der Waals surface area contributed by atoms with Gasteiger partial charge in [0.25, 0.3) is 5.91 Å². The van der Waals surface area contributed by atoms with E-state index in [1.54, 1.807) is 17.5 Å². The van der Waals surface area contributed by atoms with Gasteiger partial charge in [-0.25, -0.2) is 4.98 Å². The third-order valence-corrected chi connectivity index (χ3v) is 4.24. The second-order valence-corrected chi connectivity index (χ2v) is 6.41. The van der Waals surface area contributed by atoms with E-state index < -0.39 is 0 Å². The van der Waals surface area contributed by atoms with Crippen LogP contribution < -0.4 is 23.5 Å². The maximum Gasteiger partial charge on any atom is 0.279 e. The van der Waals surface area contributed by atoms with E-state index in [1.165, 1.54) is 0 Å². The summed E-state index contributed by atoms with van der Waals surface area (Å²) in [5.41, 5.74) is 5.13. The zero-order valence-corrected chi connectivity index (χ0v) is 14.4. The standard InChI is InChI=1S/C16H21N3OS.ClH/c1-11(2)14(16-18-8-9-21-16)19-15(20)13(17)10-12-6-4-3-5-7-12;/h3-9,11,13-14H,10,17H2,1-2H3,(H,19,20);1H/t13-,14-;/m0./s1. The topological polar surface area (TPSA) is 69.6 Å². The minimum atomic E-state index is -0.298. The van der Waals surface area contributed by atoms with Crippen LogP contribution in [0.15, 0.2) is 41.9 Å². The van der Waals surface area contributed by atoms with Crippen molar-refractivity contribution in [3.05, 3.63) is 52.5 Å². The summed E-state index contributed by atoms with van der Waals surface area (Å²) >= 11 is 1.57. The SMILES string of the molecule is CC(C)[C@H](NC(=O)[C@@H]([NH3+])Cc1ccccc1)c1nccs1.[Cl-]. The molecule has 0 unspecified atom stereocenters. The van der Waals surface area contributed by atoms with E-state index in [-0.39, 0.29) is 30.4 Å². The molecule has 0 spiro atoms. The highest BCUT2D eigenvalue weighted by molar-refractivity contribution is 7.09. The molecule has 2 atom stereocenters. The monoisotopic (exact) mass is 339 g/mol. The van der Waals surface area contributed by atoms with Gasteiger partial charge in [-0.05, 0) is 11.5 Å². The molecular weight excluding hydrogens is 318 g/mol. The Morgan fingerprint density at radius 1 is 1.32 bits per heavy atom. The number of hydrogen-bond donors (Lipinski definition) is 2. The van der Waals surface area contributed by atoms with Crippen molar-refractivity contribution in [2.24, 2.45) is 5.92 Å². The number of hydrogen-bond acceptors (Lipinski definition) is 3. The van der Waals surface area contributed by atoms with Crippen LogP contribution in [0.2, 0.25) is 0 Å². The fourth-order valence-corrected chi connectivity index (χ4v) is 3.02. The summed E-state index contributed by atoms with van der Waals surface area (Å²) in [7, 11) is 0. The summed E-state index contributed by atoms with van der Waals surface area (Å²) in [6, 6.07) is 9.63. The first kappa shape index (κ1) is 18.6. The van der Waals surface area contributed by atoms with Crippen LogP contribution in [-0.4, -0.2) is 16.9 Å². The van der Waals surface area contributed by atoms with Crippen molar-refractivity contribution < 1.29 is 22.9 Å². The highest BCUT2D eigenvalue weighted by Crippen LogP contribution is 2.23. The van der Waals surface area contributed by atoms with Crippen molar-refractivity contribution in [3.63, 3.8) is 0 Å². The molecule has 0 saturated heterocycles. The van der Waals surface area contributed by atoms with Gasteiger partial charge in [0.2, 0.25) is 0 Å². The van der Waals surface area contributed by atoms with E-state index in [0.29, 0.717) is 12.3 Å². The van der Waals surface area contributed by atoms with E-state index in [2.05, 4.69) is 29.9 Å². The van der Waals surface area contributed by atoms with Crippen molar-refractivity contribution in [2.45, 2.75) is 32.4 Å². The molecule has 120 valence electrons. The van der Waals surface area contributed by atoms with Crippen LogP contribution in [0, 0.1) is 5.92 Å². The van der Waals surface area contributed by atoms with Gasteiger partial charge in [0.1, 0.15) is 5.01 Å². The van der Waals surface area contributed by atoms with Crippen LogP contribution in [0.1, 0.15) is 30.5 Å². The van der Waals surface area contributed by atoms with Crippen molar-refractivity contribution in [1.29, 1.82) is 0 Å². The number of halogens is 1. The first-order valence-corrected chi connectivity index (χ1v) is 8.02. The van der Waals surface area contributed by atoms with Crippen LogP contribution in [0.25, 0.3) is 0 Å². The molecule has 1 aromatic heterocycles. The Kier molecular flexibility index (Phi) is 7.51. The lowest BCUT2D eigenvalue weighted by Gasteiger charge is -2.21. The van der Waals surface area contributed by atoms with Gasteiger partial charge in [-0.2, -0.15) is 0 Å². The average molecular weight is 340 g/mol. The first-order chi connectivity index (χ1) is 10.1. The highest BCUT2D eigenvalue weighted by atomic mass is 35.5. The van der Waals surface area contributed by atoms with E-state index in [1.807, 2.05) is 35.7 Å². The van der Waals surface area contributed by atoms with E-state index >= 15 is 0 Å². The number of amides is 1. The number of nitrogens with one attached hydrogen (secondary N) is 1. The van der Waals surface area contributed by atoms with Crippen molar-refractivity contribution in [2.75, 3.05) is 0 Å². The molecule has 0 saturated carbocycles. The molecule has 22 heavy (non-hydrogen) atoms. The summed E-state index contributed by atoms with van der Waals surface area (Å²) in [6.07, 6.45) is 2.42. The highest BCUT2D eigenvalue weighted by Gasteiger charge is 2.25. The minimum Gasteiger partial charge on any atom is -1.00 e. The Hall–Kier alpha value is -1.43. The second kappa shape index (κ2) is 8.88. The Morgan fingerprint density at radius 3 is 2.55 bits per heavy atom. The summed E-state index contributed by atoms with van der Waals surface area (Å²) in [5, 5.41) is 5.97. The van der Waals surface area contributed by atoms with Crippen LogP contribution in [0.5, 0.6) is 0 Å². The minimum absolute atomic E-state index is 0. The molecule has 6 heteroatoms. The molecule has 1 amide bonds. The third-order valence-electron chi connectivity index (χ3n) is 3.38. The molecule has 0 fully saturated rings.